The fourth-order valence-electron chi connectivity index (χ4n) is 3.15. The topological polar surface area (TPSA) is 70.0 Å². The van der Waals surface area contributed by atoms with Crippen molar-refractivity contribution in [2.45, 2.75) is 50.3 Å². The molecule has 1 aliphatic heterocycles. The van der Waals surface area contributed by atoms with Gasteiger partial charge in [-0.25, -0.2) is 0 Å². The second-order valence-corrected chi connectivity index (χ2v) is 7.71. The Bertz CT molecular complexity index is 681. The van der Waals surface area contributed by atoms with Gasteiger partial charge in [-0.1, -0.05) is 48.3 Å². The number of aliphatic imine (C=N–C) groups is 1. The van der Waals surface area contributed by atoms with Crippen LogP contribution in [-0.2, 0) is 9.59 Å². The highest BCUT2D eigenvalue weighted by molar-refractivity contribution is 8.16. The van der Waals surface area contributed by atoms with Gasteiger partial charge in [0, 0.05) is 0 Å². The van der Waals surface area contributed by atoms with E-state index >= 15 is 0 Å². The van der Waals surface area contributed by atoms with Crippen molar-refractivity contribution < 1.29 is 14.7 Å². The lowest BCUT2D eigenvalue weighted by Crippen LogP contribution is -2.34. The molecule has 0 spiro atoms. The van der Waals surface area contributed by atoms with Gasteiger partial charge in [-0.3, -0.25) is 19.5 Å². The largest absolute Gasteiger partial charge is 0.481 e. The van der Waals surface area contributed by atoms with Gasteiger partial charge < -0.3 is 5.11 Å². The van der Waals surface area contributed by atoms with Crippen LogP contribution in [0.5, 0.6) is 0 Å². The highest BCUT2D eigenvalue weighted by Crippen LogP contribution is 2.39. The van der Waals surface area contributed by atoms with Crippen LogP contribution in [0.15, 0.2) is 23.2 Å². The van der Waals surface area contributed by atoms with Crippen LogP contribution < -0.4 is 4.90 Å². The Labute approximate surface area is 150 Å². The quantitative estimate of drug-likeness (QED) is 0.878. The molecule has 1 N–H and O–H groups in total. The number of halogens is 1. The lowest BCUT2D eigenvalue weighted by molar-refractivity contribution is -0.138. The van der Waals surface area contributed by atoms with Gasteiger partial charge in [0.15, 0.2) is 5.17 Å². The Kier molecular flexibility index (Phi) is 5.15. The number of hydrogen-bond donors (Lipinski definition) is 1. The lowest BCUT2D eigenvalue weighted by Gasteiger charge is -2.21. The van der Waals surface area contributed by atoms with E-state index in [1.165, 1.54) is 16.7 Å². The molecule has 3 rings (SSSR count). The first-order chi connectivity index (χ1) is 11.5. The van der Waals surface area contributed by atoms with Crippen molar-refractivity contribution in [2.75, 3.05) is 4.90 Å². The van der Waals surface area contributed by atoms with Crippen LogP contribution in [0.3, 0.4) is 0 Å². The first kappa shape index (κ1) is 17.3. The predicted molar refractivity (Wildman–Crippen MR) is 97.0 cm³/mol. The molecule has 1 heterocycles. The summed E-state index contributed by atoms with van der Waals surface area (Å²) >= 11 is 7.58. The maximum atomic E-state index is 12.8. The molecule has 1 amide bonds. The van der Waals surface area contributed by atoms with Gasteiger partial charge >= 0.3 is 5.97 Å². The van der Waals surface area contributed by atoms with Crippen molar-refractivity contribution in [3.8, 4) is 0 Å². The standard InChI is InChI=1S/C17H19ClN2O3S/c1-10-5-4-8-12(18)15(10)20-16(23)13(9-14(21)22)24-17(20)19-11-6-2-3-7-11/h4-5,8,11,13H,2-3,6-7,9H2,1H3,(H,21,22)/t13-/m1/s1. The number of carbonyl (C=O) groups excluding carboxylic acids is 1. The second kappa shape index (κ2) is 7.15. The molecule has 1 saturated carbocycles. The van der Waals surface area contributed by atoms with Crippen LogP contribution in [0.1, 0.15) is 37.7 Å². The number of thioether (sulfide) groups is 1. The maximum absolute atomic E-state index is 12.8. The summed E-state index contributed by atoms with van der Waals surface area (Å²) in [5, 5.41) is 9.47. The number of amides is 1. The van der Waals surface area contributed by atoms with Gasteiger partial charge in [0.2, 0.25) is 5.91 Å². The number of carboxylic acid groups (broad SMARTS) is 1. The molecular weight excluding hydrogens is 348 g/mol. The Morgan fingerprint density at radius 1 is 1.42 bits per heavy atom. The maximum Gasteiger partial charge on any atom is 0.305 e. The summed E-state index contributed by atoms with van der Waals surface area (Å²) in [5.41, 5.74) is 1.48. The molecule has 24 heavy (non-hydrogen) atoms. The molecule has 0 radical (unpaired) electrons. The zero-order valence-corrected chi connectivity index (χ0v) is 14.9. The van der Waals surface area contributed by atoms with E-state index in [0.717, 1.165) is 31.2 Å². The molecule has 0 bridgehead atoms. The minimum atomic E-state index is -0.987. The van der Waals surface area contributed by atoms with Crippen LogP contribution in [0.2, 0.25) is 5.02 Å². The molecule has 2 aliphatic rings. The van der Waals surface area contributed by atoms with Crippen LogP contribution in [0, 0.1) is 6.92 Å². The predicted octanol–water partition coefficient (Wildman–Crippen LogP) is 3.87. The summed E-state index contributed by atoms with van der Waals surface area (Å²) in [6, 6.07) is 5.66. The summed E-state index contributed by atoms with van der Waals surface area (Å²) in [7, 11) is 0. The van der Waals surface area contributed by atoms with Crippen LogP contribution >= 0.6 is 23.4 Å². The third kappa shape index (κ3) is 3.44. The summed E-state index contributed by atoms with van der Waals surface area (Å²) in [5.74, 6) is -1.24. The number of aryl methyl sites for hydroxylation is 1. The number of benzene rings is 1. The van der Waals surface area contributed by atoms with Crippen LogP contribution in [0.25, 0.3) is 0 Å². The third-order valence-electron chi connectivity index (χ3n) is 4.32. The van der Waals surface area contributed by atoms with Crippen LogP contribution in [0.4, 0.5) is 5.69 Å². The summed E-state index contributed by atoms with van der Waals surface area (Å²) in [6.07, 6.45) is 4.09. The first-order valence-corrected chi connectivity index (χ1v) is 9.28. The van der Waals surface area contributed by atoms with E-state index in [9.17, 15) is 9.59 Å². The number of rotatable bonds is 4. The summed E-state index contributed by atoms with van der Waals surface area (Å²) < 4.78 is 0. The van der Waals surface area contributed by atoms with Crippen LogP contribution in [-0.4, -0.2) is 33.4 Å². The molecule has 0 unspecified atom stereocenters. The monoisotopic (exact) mass is 366 g/mol. The smallest absolute Gasteiger partial charge is 0.305 e. The Morgan fingerprint density at radius 2 is 2.12 bits per heavy atom. The zero-order valence-electron chi connectivity index (χ0n) is 13.4. The fourth-order valence-corrected chi connectivity index (χ4v) is 4.64. The number of anilines is 1. The number of aliphatic carboxylic acids is 1. The average Bonchev–Trinajstić information content (AvgIpc) is 3.10. The van der Waals surface area contributed by atoms with E-state index in [1.54, 1.807) is 6.07 Å². The van der Waals surface area contributed by atoms with Gasteiger partial charge in [-0.05, 0) is 31.4 Å². The molecule has 2 fully saturated rings. The van der Waals surface area contributed by atoms with Gasteiger partial charge in [0.1, 0.15) is 5.25 Å². The van der Waals surface area contributed by atoms with Gasteiger partial charge in [-0.2, -0.15) is 0 Å². The highest BCUT2D eigenvalue weighted by Gasteiger charge is 2.41. The molecule has 1 aromatic rings. The Hall–Kier alpha value is -1.53. The number of para-hydroxylation sites is 1. The van der Waals surface area contributed by atoms with Gasteiger partial charge in [0.25, 0.3) is 0 Å². The van der Waals surface area contributed by atoms with Crippen molar-refractivity contribution in [3.05, 3.63) is 28.8 Å². The number of amidine groups is 1. The highest BCUT2D eigenvalue weighted by atomic mass is 35.5. The summed E-state index contributed by atoms with van der Waals surface area (Å²) in [4.78, 5) is 30.2. The lowest BCUT2D eigenvalue weighted by atomic mass is 10.1. The molecule has 7 heteroatoms. The van der Waals surface area contributed by atoms with E-state index in [-0.39, 0.29) is 18.4 Å². The minimum Gasteiger partial charge on any atom is -0.481 e. The number of carboxylic acids is 1. The SMILES string of the molecule is Cc1cccc(Cl)c1N1C(=O)[C@@H](CC(=O)O)SC1=NC1CCCC1. The Balaban J connectivity index is 2.01. The Morgan fingerprint density at radius 3 is 2.75 bits per heavy atom. The van der Waals surface area contributed by atoms with Crippen molar-refractivity contribution in [2.24, 2.45) is 4.99 Å². The molecule has 0 aromatic heterocycles. The van der Waals surface area contributed by atoms with E-state index < -0.39 is 11.2 Å². The number of carbonyl (C=O) groups is 2. The average molecular weight is 367 g/mol. The second-order valence-electron chi connectivity index (χ2n) is 6.13. The number of nitrogens with zero attached hydrogens (tertiary/aromatic N) is 2. The normalized spacial score (nSPS) is 23.4. The molecule has 1 saturated heterocycles. The molecule has 128 valence electrons. The molecule has 1 atom stereocenters. The third-order valence-corrected chi connectivity index (χ3v) is 5.78. The zero-order chi connectivity index (χ0) is 17.3. The van der Waals surface area contributed by atoms with Crippen molar-refractivity contribution >= 4 is 46.1 Å². The van der Waals surface area contributed by atoms with Crippen molar-refractivity contribution in [1.82, 2.24) is 0 Å². The molecule has 1 aliphatic carbocycles. The van der Waals surface area contributed by atoms with E-state index in [0.29, 0.717) is 15.9 Å². The fraction of sp³-hybridized carbons (Fsp3) is 0.471. The van der Waals surface area contributed by atoms with E-state index in [1.807, 2.05) is 19.1 Å². The molecule has 5 nitrogen and oxygen atoms in total. The van der Waals surface area contributed by atoms with Gasteiger partial charge in [0.05, 0.1) is 23.2 Å². The van der Waals surface area contributed by atoms with Gasteiger partial charge in [-0.15, -0.1) is 0 Å². The van der Waals surface area contributed by atoms with Crippen molar-refractivity contribution in [1.29, 1.82) is 0 Å². The minimum absolute atomic E-state index is 0.203. The van der Waals surface area contributed by atoms with E-state index in [2.05, 4.69) is 0 Å². The van der Waals surface area contributed by atoms with E-state index in [4.69, 9.17) is 21.7 Å². The summed E-state index contributed by atoms with van der Waals surface area (Å²) in [6.45, 7) is 1.89. The molecular formula is C17H19ClN2O3S. The first-order valence-electron chi connectivity index (χ1n) is 8.02. The van der Waals surface area contributed by atoms with Crippen molar-refractivity contribution in [3.63, 3.8) is 0 Å². The molecule has 1 aromatic carbocycles. The number of hydrogen-bond acceptors (Lipinski definition) is 4.